The lowest BCUT2D eigenvalue weighted by molar-refractivity contribution is -0.000689. The molecule has 0 aliphatic rings. The van der Waals surface area contributed by atoms with Crippen LogP contribution in [0.1, 0.15) is 49.5 Å². The van der Waals surface area contributed by atoms with Crippen LogP contribution in [-0.4, -0.2) is 25.8 Å². The first kappa shape index (κ1) is 16.7. The number of rotatable bonds is 8. The van der Waals surface area contributed by atoms with E-state index in [1.165, 1.54) is 5.56 Å². The van der Waals surface area contributed by atoms with Crippen LogP contribution in [0.15, 0.2) is 24.3 Å². The Hall–Kier alpha value is -1.35. The lowest BCUT2D eigenvalue weighted by atomic mass is 10.1. The number of hydrogen-bond acceptors (Lipinski definition) is 3. The fourth-order valence-corrected chi connectivity index (χ4v) is 2.22. The summed E-state index contributed by atoms with van der Waals surface area (Å²) in [5.74, 6) is 0.208. The van der Waals surface area contributed by atoms with E-state index in [9.17, 15) is 4.79 Å². The zero-order valence-corrected chi connectivity index (χ0v) is 13.0. The van der Waals surface area contributed by atoms with Crippen LogP contribution in [0.4, 0.5) is 0 Å². The van der Waals surface area contributed by atoms with Gasteiger partial charge in [-0.25, -0.2) is 4.79 Å². The molecule has 1 aromatic rings. The van der Waals surface area contributed by atoms with Crippen LogP contribution in [0.25, 0.3) is 0 Å². The molecule has 0 bridgehead atoms. The molecule has 3 nitrogen and oxygen atoms in total. The first-order valence-corrected chi connectivity index (χ1v) is 7.35. The molecule has 1 atom stereocenters. The highest BCUT2D eigenvalue weighted by Gasteiger charge is 2.17. The van der Waals surface area contributed by atoms with Gasteiger partial charge in [-0.1, -0.05) is 39.3 Å². The smallest absolute Gasteiger partial charge is 0.338 e. The molecular formula is C17H26O3. The molecule has 0 amide bonds. The predicted molar refractivity (Wildman–Crippen MR) is 81.0 cm³/mol. The largest absolute Gasteiger partial charge is 0.456 e. The third kappa shape index (κ3) is 5.74. The van der Waals surface area contributed by atoms with E-state index >= 15 is 0 Å². The molecule has 0 heterocycles. The van der Waals surface area contributed by atoms with Crippen molar-refractivity contribution in [1.29, 1.82) is 0 Å². The van der Waals surface area contributed by atoms with Gasteiger partial charge in [0.25, 0.3) is 0 Å². The number of esters is 1. The molecule has 0 aliphatic heterocycles. The topological polar surface area (TPSA) is 35.5 Å². The fraction of sp³-hybridized carbons (Fsp3) is 0.588. The van der Waals surface area contributed by atoms with Crippen molar-refractivity contribution in [1.82, 2.24) is 0 Å². The summed E-state index contributed by atoms with van der Waals surface area (Å²) >= 11 is 0. The van der Waals surface area contributed by atoms with Gasteiger partial charge in [0.2, 0.25) is 0 Å². The van der Waals surface area contributed by atoms with E-state index in [0.29, 0.717) is 18.1 Å². The minimum Gasteiger partial charge on any atom is -0.456 e. The number of ether oxygens (including phenoxy) is 2. The highest BCUT2D eigenvalue weighted by molar-refractivity contribution is 5.89. The van der Waals surface area contributed by atoms with E-state index < -0.39 is 0 Å². The molecule has 1 rings (SSSR count). The summed E-state index contributed by atoms with van der Waals surface area (Å²) in [4.78, 5) is 12.2. The first-order chi connectivity index (χ1) is 9.56. The van der Waals surface area contributed by atoms with Gasteiger partial charge < -0.3 is 9.47 Å². The fourth-order valence-electron chi connectivity index (χ4n) is 2.22. The highest BCUT2D eigenvalue weighted by Crippen LogP contribution is 2.14. The van der Waals surface area contributed by atoms with Gasteiger partial charge in [0.05, 0.1) is 12.2 Å². The molecule has 1 unspecified atom stereocenters. The molecule has 0 N–H and O–H groups in total. The Labute approximate surface area is 122 Å². The van der Waals surface area contributed by atoms with Crippen molar-refractivity contribution >= 4 is 5.97 Å². The molecule has 20 heavy (non-hydrogen) atoms. The van der Waals surface area contributed by atoms with Gasteiger partial charge in [0, 0.05) is 7.11 Å². The Bertz CT molecular complexity index is 412. The van der Waals surface area contributed by atoms with E-state index in [4.69, 9.17) is 9.47 Å². The molecule has 0 fully saturated rings. The number of hydrogen-bond donors (Lipinski definition) is 0. The number of carbonyl (C=O) groups excluding carboxylic acids is 1. The summed E-state index contributed by atoms with van der Waals surface area (Å²) < 4.78 is 10.7. The van der Waals surface area contributed by atoms with Crippen molar-refractivity contribution in [2.45, 2.75) is 46.1 Å². The van der Waals surface area contributed by atoms with E-state index in [-0.39, 0.29) is 12.1 Å². The van der Waals surface area contributed by atoms with E-state index in [1.807, 2.05) is 18.2 Å². The van der Waals surface area contributed by atoms with Gasteiger partial charge in [0.1, 0.15) is 6.10 Å². The molecule has 0 spiro atoms. The van der Waals surface area contributed by atoms with Crippen molar-refractivity contribution in [3.05, 3.63) is 35.4 Å². The van der Waals surface area contributed by atoms with Crippen LogP contribution >= 0.6 is 0 Å². The summed E-state index contributed by atoms with van der Waals surface area (Å²) in [5.41, 5.74) is 1.80. The maximum Gasteiger partial charge on any atom is 0.338 e. The second kappa shape index (κ2) is 8.75. The van der Waals surface area contributed by atoms with Gasteiger partial charge >= 0.3 is 5.97 Å². The van der Waals surface area contributed by atoms with Crippen molar-refractivity contribution in [2.24, 2.45) is 5.92 Å². The lowest BCUT2D eigenvalue weighted by Gasteiger charge is -2.19. The molecule has 0 saturated heterocycles. The Morgan fingerprint density at radius 3 is 2.65 bits per heavy atom. The second-order valence-corrected chi connectivity index (χ2v) is 5.56. The monoisotopic (exact) mass is 278 g/mol. The summed E-state index contributed by atoms with van der Waals surface area (Å²) in [6.45, 7) is 6.79. The Kier molecular flexibility index (Phi) is 7.31. The van der Waals surface area contributed by atoms with Gasteiger partial charge in [-0.2, -0.15) is 0 Å². The minimum atomic E-state index is -0.259. The molecule has 1 aromatic carbocycles. The van der Waals surface area contributed by atoms with Gasteiger partial charge in [-0.3, -0.25) is 0 Å². The molecule has 0 radical (unpaired) electrons. The Balaban J connectivity index is 2.69. The van der Waals surface area contributed by atoms with Crippen LogP contribution < -0.4 is 0 Å². The van der Waals surface area contributed by atoms with Crippen molar-refractivity contribution in [2.75, 3.05) is 13.7 Å². The quantitative estimate of drug-likeness (QED) is 0.677. The molecule has 0 aromatic heterocycles. The standard InChI is InChI=1S/C17H26O3/c1-5-7-14-8-6-9-15(11-14)17(18)20-16(12-19-4)10-13(2)3/h6,8-9,11,13,16H,5,7,10,12H2,1-4H3. The van der Waals surface area contributed by atoms with E-state index in [0.717, 1.165) is 19.3 Å². The van der Waals surface area contributed by atoms with Crippen LogP contribution in [0.2, 0.25) is 0 Å². The molecule has 0 aliphatic carbocycles. The number of aryl methyl sites for hydroxylation is 1. The van der Waals surface area contributed by atoms with Gasteiger partial charge in [0.15, 0.2) is 0 Å². The zero-order valence-electron chi connectivity index (χ0n) is 13.0. The number of carbonyl (C=O) groups is 1. The van der Waals surface area contributed by atoms with Crippen LogP contribution in [0.3, 0.4) is 0 Å². The Morgan fingerprint density at radius 2 is 2.05 bits per heavy atom. The molecular weight excluding hydrogens is 252 g/mol. The summed E-state index contributed by atoms with van der Waals surface area (Å²) in [6.07, 6.45) is 2.68. The molecule has 3 heteroatoms. The highest BCUT2D eigenvalue weighted by atomic mass is 16.6. The summed E-state index contributed by atoms with van der Waals surface area (Å²) in [6, 6.07) is 7.68. The van der Waals surface area contributed by atoms with E-state index in [2.05, 4.69) is 20.8 Å². The Morgan fingerprint density at radius 1 is 1.30 bits per heavy atom. The van der Waals surface area contributed by atoms with Crippen molar-refractivity contribution in [3.63, 3.8) is 0 Å². The third-order valence-corrected chi connectivity index (χ3v) is 3.06. The van der Waals surface area contributed by atoms with Gasteiger partial charge in [-0.15, -0.1) is 0 Å². The number of benzene rings is 1. The molecule has 0 saturated carbocycles. The lowest BCUT2D eigenvalue weighted by Crippen LogP contribution is -2.24. The van der Waals surface area contributed by atoms with Crippen LogP contribution in [-0.2, 0) is 15.9 Å². The SMILES string of the molecule is CCCc1cccc(C(=O)OC(COC)CC(C)C)c1. The van der Waals surface area contributed by atoms with Crippen molar-refractivity contribution < 1.29 is 14.3 Å². The normalized spacial score (nSPS) is 12.4. The van der Waals surface area contributed by atoms with Crippen molar-refractivity contribution in [3.8, 4) is 0 Å². The average molecular weight is 278 g/mol. The van der Waals surface area contributed by atoms with Crippen LogP contribution in [0.5, 0.6) is 0 Å². The minimum absolute atomic E-state index is 0.178. The average Bonchev–Trinajstić information content (AvgIpc) is 2.39. The third-order valence-electron chi connectivity index (χ3n) is 3.06. The zero-order chi connectivity index (χ0) is 15.0. The summed E-state index contributed by atoms with van der Waals surface area (Å²) in [7, 11) is 1.63. The first-order valence-electron chi connectivity index (χ1n) is 7.35. The summed E-state index contributed by atoms with van der Waals surface area (Å²) in [5, 5.41) is 0. The second-order valence-electron chi connectivity index (χ2n) is 5.56. The maximum absolute atomic E-state index is 12.2. The van der Waals surface area contributed by atoms with Gasteiger partial charge in [-0.05, 0) is 36.5 Å². The maximum atomic E-state index is 12.2. The van der Waals surface area contributed by atoms with E-state index in [1.54, 1.807) is 13.2 Å². The molecule has 112 valence electrons. The number of methoxy groups -OCH3 is 1. The predicted octanol–water partition coefficient (Wildman–Crippen LogP) is 3.86. The van der Waals surface area contributed by atoms with Crippen LogP contribution in [0, 0.1) is 5.92 Å².